The van der Waals surface area contributed by atoms with Crippen molar-refractivity contribution in [2.45, 2.75) is 63.6 Å². The lowest BCUT2D eigenvalue weighted by Crippen LogP contribution is -2.46. The third-order valence-electron chi connectivity index (χ3n) is 3.36. The number of hydrogen-bond donors (Lipinski definition) is 1. The Morgan fingerprint density at radius 2 is 1.83 bits per heavy atom. The molecule has 5 nitrogen and oxygen atoms in total. The zero-order valence-electron chi connectivity index (χ0n) is 14.8. The van der Waals surface area contributed by atoms with Crippen molar-refractivity contribution in [1.29, 1.82) is 0 Å². The van der Waals surface area contributed by atoms with E-state index in [4.69, 9.17) is 9.22 Å². The number of thioether (sulfide) groups is 1. The van der Waals surface area contributed by atoms with Gasteiger partial charge in [-0.1, -0.05) is 18.7 Å². The predicted molar refractivity (Wildman–Crippen MR) is 99.9 cm³/mol. The van der Waals surface area contributed by atoms with Crippen molar-refractivity contribution < 1.29 is 14.0 Å². The fourth-order valence-corrected chi connectivity index (χ4v) is 12.7. The summed E-state index contributed by atoms with van der Waals surface area (Å²) in [6.45, 7) is 10.9. The van der Waals surface area contributed by atoms with E-state index in [-0.39, 0.29) is 6.42 Å². The number of hydrogen-bond acceptors (Lipinski definition) is 5. The summed E-state index contributed by atoms with van der Waals surface area (Å²) in [5.74, 6) is -0.727. The van der Waals surface area contributed by atoms with Gasteiger partial charge in [-0.25, -0.2) is 9.97 Å². The number of aromatic nitrogens is 2. The Labute approximate surface area is 145 Å². The van der Waals surface area contributed by atoms with E-state index in [1.807, 2.05) is 12.4 Å². The zero-order valence-corrected chi connectivity index (χ0v) is 17.6. The molecule has 0 aliphatic rings. The summed E-state index contributed by atoms with van der Waals surface area (Å²) in [4.78, 5) is 19.4. The summed E-state index contributed by atoms with van der Waals surface area (Å²) in [6.07, 6.45) is 5.65. The molecule has 1 aromatic rings. The molecule has 0 radical (unpaired) electrons. The van der Waals surface area contributed by atoms with Crippen molar-refractivity contribution in [2.75, 3.05) is 5.38 Å². The first-order valence-electron chi connectivity index (χ1n) is 7.99. The lowest BCUT2D eigenvalue weighted by molar-refractivity contribution is -0.137. The lowest BCUT2D eigenvalue weighted by atomic mass is 10.3. The Balaban J connectivity index is 2.48. The van der Waals surface area contributed by atoms with E-state index < -0.39 is 22.6 Å². The summed E-state index contributed by atoms with van der Waals surface area (Å²) < 4.78 is 6.48. The molecule has 1 heterocycles. The lowest BCUT2D eigenvalue weighted by Gasteiger charge is -2.33. The number of carbonyl (C=O) groups is 1. The second-order valence-electron chi connectivity index (χ2n) is 6.88. The monoisotopic (exact) mass is 372 g/mol. The van der Waals surface area contributed by atoms with Crippen LogP contribution in [0.2, 0.25) is 32.2 Å². The molecule has 0 bridgehead atoms. The van der Waals surface area contributed by atoms with Crippen LogP contribution in [0, 0.1) is 0 Å². The maximum atomic E-state index is 10.6. The van der Waals surface area contributed by atoms with Gasteiger partial charge in [0, 0.05) is 24.2 Å². The highest BCUT2D eigenvalue weighted by Gasteiger charge is 2.33. The van der Waals surface area contributed by atoms with Crippen molar-refractivity contribution in [3.05, 3.63) is 18.0 Å². The first-order chi connectivity index (χ1) is 10.6. The van der Waals surface area contributed by atoms with Crippen LogP contribution in [0.5, 0.6) is 0 Å². The van der Waals surface area contributed by atoms with Gasteiger partial charge in [0.2, 0.25) is 0 Å². The molecule has 0 amide bonds. The number of nitrogens with zero attached hydrogens (tertiary/aromatic N) is 2. The summed E-state index contributed by atoms with van der Waals surface area (Å²) in [7, 11) is -3.64. The van der Waals surface area contributed by atoms with Crippen molar-refractivity contribution in [1.82, 2.24) is 9.97 Å². The Morgan fingerprint density at radius 3 is 2.35 bits per heavy atom. The van der Waals surface area contributed by atoms with Gasteiger partial charge in [-0.15, -0.1) is 0 Å². The summed E-state index contributed by atoms with van der Waals surface area (Å²) in [5.41, 5.74) is 1.15. The topological polar surface area (TPSA) is 72.3 Å². The average Bonchev–Trinajstić information content (AvgIpc) is 2.44. The van der Waals surface area contributed by atoms with Crippen LogP contribution in [0.15, 0.2) is 17.6 Å². The highest BCUT2D eigenvalue weighted by atomic mass is 32.2. The molecular weight excluding hydrogens is 344 g/mol. The Hall–Kier alpha value is -0.706. The zero-order chi connectivity index (χ0) is 17.5. The van der Waals surface area contributed by atoms with E-state index >= 15 is 0 Å². The van der Waals surface area contributed by atoms with Gasteiger partial charge in [0.15, 0.2) is 21.8 Å². The Kier molecular flexibility index (Phi) is 7.92. The van der Waals surface area contributed by atoms with Crippen molar-refractivity contribution >= 4 is 34.4 Å². The van der Waals surface area contributed by atoms with Gasteiger partial charge < -0.3 is 9.22 Å². The van der Waals surface area contributed by atoms with E-state index in [1.54, 1.807) is 11.8 Å². The van der Waals surface area contributed by atoms with E-state index in [2.05, 4.69) is 43.1 Å². The van der Waals surface area contributed by atoms with Crippen LogP contribution in [0.25, 0.3) is 0 Å². The highest BCUT2D eigenvalue weighted by molar-refractivity contribution is 8.00. The maximum Gasteiger partial charge on any atom is 0.303 e. The van der Waals surface area contributed by atoms with Crippen LogP contribution in [0.1, 0.15) is 25.3 Å². The molecule has 0 spiro atoms. The number of aliphatic carboxylic acids is 1. The minimum atomic E-state index is -1.82. The quantitative estimate of drug-likeness (QED) is 0.381. The molecule has 0 atom stereocenters. The molecule has 0 saturated heterocycles. The van der Waals surface area contributed by atoms with Crippen LogP contribution >= 0.6 is 11.8 Å². The first-order valence-corrected chi connectivity index (χ1v) is 15.2. The van der Waals surface area contributed by atoms with E-state index in [0.717, 1.165) is 28.6 Å². The minimum Gasteiger partial charge on any atom is -0.481 e. The molecule has 0 saturated carbocycles. The van der Waals surface area contributed by atoms with Gasteiger partial charge in [-0.2, -0.15) is 0 Å². The van der Waals surface area contributed by atoms with Gasteiger partial charge in [0.1, 0.15) is 0 Å². The molecule has 0 aliphatic carbocycles. The third kappa shape index (κ3) is 8.64. The van der Waals surface area contributed by atoms with Crippen LogP contribution in [-0.4, -0.2) is 43.1 Å². The SMILES string of the molecule is CCc1cnc(SC[Si](C)(C)O[Si](C)(C)CCCC(=O)O)nc1. The fraction of sp³-hybridized carbons (Fsp3) is 0.667. The normalized spacial score (nSPS) is 12.4. The largest absolute Gasteiger partial charge is 0.481 e. The minimum absolute atomic E-state index is 0.230. The molecule has 0 aliphatic heterocycles. The van der Waals surface area contributed by atoms with E-state index in [0.29, 0.717) is 6.42 Å². The van der Waals surface area contributed by atoms with Crippen LogP contribution in [-0.2, 0) is 15.3 Å². The standard InChI is InChI=1S/C15H28N2O3SSi2/c1-6-13-10-16-15(17-11-13)21-12-23(4,5)20-22(2,3)9-7-8-14(18)19/h10-11H,6-9,12H2,1-5H3,(H,18,19). The van der Waals surface area contributed by atoms with Crippen molar-refractivity contribution in [3.8, 4) is 0 Å². The molecule has 0 aromatic carbocycles. The van der Waals surface area contributed by atoms with Gasteiger partial charge >= 0.3 is 5.97 Å². The molecule has 0 unspecified atom stereocenters. The second kappa shape index (κ2) is 8.95. The highest BCUT2D eigenvalue weighted by Crippen LogP contribution is 2.25. The molecule has 0 fully saturated rings. The molecule has 1 aromatic heterocycles. The molecule has 1 N–H and O–H groups in total. The molecule has 130 valence electrons. The molecule has 23 heavy (non-hydrogen) atoms. The number of aryl methyl sites for hydroxylation is 1. The summed E-state index contributed by atoms with van der Waals surface area (Å²) in [5, 5.41) is 10.5. The number of carboxylic acids is 1. The summed E-state index contributed by atoms with van der Waals surface area (Å²) >= 11 is 1.66. The van der Waals surface area contributed by atoms with E-state index in [9.17, 15) is 4.79 Å². The average molecular weight is 373 g/mol. The third-order valence-corrected chi connectivity index (χ3v) is 13.2. The van der Waals surface area contributed by atoms with Crippen LogP contribution in [0.3, 0.4) is 0 Å². The molecule has 1 rings (SSSR count). The van der Waals surface area contributed by atoms with Crippen molar-refractivity contribution in [2.24, 2.45) is 0 Å². The van der Waals surface area contributed by atoms with Gasteiger partial charge in [-0.3, -0.25) is 4.79 Å². The predicted octanol–water partition coefficient (Wildman–Crippen LogP) is 3.96. The second-order valence-corrected chi connectivity index (χ2v) is 17.0. The van der Waals surface area contributed by atoms with E-state index in [1.165, 1.54) is 0 Å². The maximum absolute atomic E-state index is 10.6. The van der Waals surface area contributed by atoms with Gasteiger partial charge in [0.25, 0.3) is 0 Å². The first kappa shape index (κ1) is 20.3. The number of carboxylic acid groups (broad SMARTS) is 1. The van der Waals surface area contributed by atoms with Crippen LogP contribution < -0.4 is 0 Å². The van der Waals surface area contributed by atoms with Gasteiger partial charge in [0.05, 0.1) is 0 Å². The van der Waals surface area contributed by atoms with Crippen molar-refractivity contribution in [3.63, 3.8) is 0 Å². The fourth-order valence-electron chi connectivity index (χ4n) is 2.33. The molecule has 8 heteroatoms. The molecular formula is C15H28N2O3SSi2. The van der Waals surface area contributed by atoms with Gasteiger partial charge in [-0.05, 0) is 50.6 Å². The number of rotatable bonds is 10. The Morgan fingerprint density at radius 1 is 1.22 bits per heavy atom. The Bertz CT molecular complexity index is 510. The summed E-state index contributed by atoms with van der Waals surface area (Å²) in [6, 6.07) is 0.891. The smallest absolute Gasteiger partial charge is 0.303 e. The van der Waals surface area contributed by atoms with Crippen LogP contribution in [0.4, 0.5) is 0 Å².